The Hall–Kier alpha value is -2.78. The van der Waals surface area contributed by atoms with Gasteiger partial charge in [0.15, 0.2) is 5.65 Å². The second-order valence-electron chi connectivity index (χ2n) is 5.74. The van der Waals surface area contributed by atoms with E-state index in [1.165, 1.54) is 30.6 Å². The number of carbonyl (C=O) groups is 1. The molecule has 0 radical (unpaired) electrons. The first kappa shape index (κ1) is 17.1. The molecular weight excluding hydrogens is 342 g/mol. The Morgan fingerprint density at radius 3 is 2.56 bits per heavy atom. The molecule has 2 heterocycles. The van der Waals surface area contributed by atoms with Crippen molar-refractivity contribution in [3.8, 4) is 0 Å². The van der Waals surface area contributed by atoms with Crippen LogP contribution in [0.2, 0.25) is 0 Å². The van der Waals surface area contributed by atoms with Gasteiger partial charge in [-0.25, -0.2) is 13.1 Å². The summed E-state index contributed by atoms with van der Waals surface area (Å²) in [5.41, 5.74) is 1.30. The first-order chi connectivity index (χ1) is 11.9. The molecule has 0 aliphatic heterocycles. The van der Waals surface area contributed by atoms with Crippen LogP contribution >= 0.6 is 0 Å². The van der Waals surface area contributed by atoms with Gasteiger partial charge in [-0.05, 0) is 50.2 Å². The average molecular weight is 359 g/mol. The van der Waals surface area contributed by atoms with Crippen LogP contribution in [0.1, 0.15) is 24.2 Å². The lowest BCUT2D eigenvalue weighted by atomic mass is 10.2. The standard InChI is InChI=1S/C16H17N5O3S/c1-11(2)20-25(23,24)13-7-5-12(6-8-13)18-16(22)14-4-3-9-21-10-17-19-15(14)21/h3-11,20H,1-2H3,(H,18,22). The van der Waals surface area contributed by atoms with E-state index in [2.05, 4.69) is 20.2 Å². The Morgan fingerprint density at radius 1 is 1.16 bits per heavy atom. The van der Waals surface area contributed by atoms with Gasteiger partial charge in [-0.1, -0.05) is 0 Å². The molecule has 0 unspecified atom stereocenters. The van der Waals surface area contributed by atoms with Crippen LogP contribution in [0.5, 0.6) is 0 Å². The third-order valence-electron chi connectivity index (χ3n) is 3.38. The van der Waals surface area contributed by atoms with Crippen LogP contribution in [0, 0.1) is 0 Å². The highest BCUT2D eigenvalue weighted by atomic mass is 32.2. The summed E-state index contributed by atoms with van der Waals surface area (Å²) >= 11 is 0. The van der Waals surface area contributed by atoms with Crippen molar-refractivity contribution >= 4 is 27.3 Å². The zero-order valence-corrected chi connectivity index (χ0v) is 14.5. The molecule has 0 aliphatic carbocycles. The fourth-order valence-electron chi connectivity index (χ4n) is 2.32. The molecule has 0 fully saturated rings. The van der Waals surface area contributed by atoms with Gasteiger partial charge in [0, 0.05) is 17.9 Å². The van der Waals surface area contributed by atoms with E-state index < -0.39 is 10.0 Å². The normalized spacial score (nSPS) is 11.8. The fraction of sp³-hybridized carbons (Fsp3) is 0.188. The van der Waals surface area contributed by atoms with Crippen molar-refractivity contribution in [3.63, 3.8) is 0 Å². The highest BCUT2D eigenvalue weighted by molar-refractivity contribution is 7.89. The number of hydrogen-bond donors (Lipinski definition) is 2. The molecule has 3 rings (SSSR count). The highest BCUT2D eigenvalue weighted by Gasteiger charge is 2.16. The van der Waals surface area contributed by atoms with Gasteiger partial charge in [-0.15, -0.1) is 10.2 Å². The van der Waals surface area contributed by atoms with Crippen molar-refractivity contribution in [2.45, 2.75) is 24.8 Å². The first-order valence-electron chi connectivity index (χ1n) is 7.59. The lowest BCUT2D eigenvalue weighted by Crippen LogP contribution is -2.30. The number of aromatic nitrogens is 3. The number of anilines is 1. The van der Waals surface area contributed by atoms with Gasteiger partial charge in [0.25, 0.3) is 5.91 Å². The smallest absolute Gasteiger partial charge is 0.259 e. The van der Waals surface area contributed by atoms with E-state index in [0.29, 0.717) is 16.9 Å². The lowest BCUT2D eigenvalue weighted by molar-refractivity contribution is 0.102. The van der Waals surface area contributed by atoms with Gasteiger partial charge in [-0.2, -0.15) is 0 Å². The van der Waals surface area contributed by atoms with Crippen LogP contribution in [0.4, 0.5) is 5.69 Å². The summed E-state index contributed by atoms with van der Waals surface area (Å²) in [6, 6.07) is 9.13. The Labute approximate surface area is 144 Å². The van der Waals surface area contributed by atoms with Crippen molar-refractivity contribution in [1.82, 2.24) is 19.3 Å². The lowest BCUT2D eigenvalue weighted by Gasteiger charge is -2.10. The number of rotatable bonds is 5. The second kappa shape index (κ2) is 6.61. The average Bonchev–Trinajstić information content (AvgIpc) is 3.02. The molecule has 8 nitrogen and oxygen atoms in total. The van der Waals surface area contributed by atoms with E-state index in [4.69, 9.17) is 0 Å². The topological polar surface area (TPSA) is 105 Å². The third-order valence-corrected chi connectivity index (χ3v) is 5.06. The molecule has 9 heteroatoms. The molecule has 25 heavy (non-hydrogen) atoms. The molecular formula is C16H17N5O3S. The summed E-state index contributed by atoms with van der Waals surface area (Å²) in [4.78, 5) is 12.6. The number of amides is 1. The highest BCUT2D eigenvalue weighted by Crippen LogP contribution is 2.16. The molecule has 2 N–H and O–H groups in total. The van der Waals surface area contributed by atoms with Gasteiger partial charge < -0.3 is 5.32 Å². The molecule has 130 valence electrons. The summed E-state index contributed by atoms with van der Waals surface area (Å²) in [6.07, 6.45) is 3.25. The number of pyridine rings is 1. The zero-order chi connectivity index (χ0) is 18.0. The molecule has 0 bridgehead atoms. The quantitative estimate of drug-likeness (QED) is 0.721. The molecule has 0 spiro atoms. The van der Waals surface area contributed by atoms with Gasteiger partial charge in [0.2, 0.25) is 10.0 Å². The predicted octanol–water partition coefficient (Wildman–Crippen LogP) is 1.67. The Bertz CT molecular complexity index is 1010. The molecule has 3 aromatic rings. The summed E-state index contributed by atoms with van der Waals surface area (Å²) in [5.74, 6) is -0.352. The van der Waals surface area contributed by atoms with Crippen LogP contribution < -0.4 is 10.0 Å². The number of fused-ring (bicyclic) bond motifs is 1. The van der Waals surface area contributed by atoms with Crippen LogP contribution in [0.25, 0.3) is 5.65 Å². The minimum absolute atomic E-state index is 0.138. The molecule has 0 saturated carbocycles. The maximum absolute atomic E-state index is 12.4. The van der Waals surface area contributed by atoms with Gasteiger partial charge in [-0.3, -0.25) is 9.20 Å². The van der Waals surface area contributed by atoms with E-state index in [1.54, 1.807) is 36.6 Å². The van der Waals surface area contributed by atoms with E-state index >= 15 is 0 Å². The Balaban J connectivity index is 1.80. The van der Waals surface area contributed by atoms with Crippen LogP contribution in [-0.4, -0.2) is 35.0 Å². The third kappa shape index (κ3) is 3.67. The molecule has 1 amide bonds. The monoisotopic (exact) mass is 359 g/mol. The SMILES string of the molecule is CC(C)NS(=O)(=O)c1ccc(NC(=O)c2cccn3cnnc23)cc1. The van der Waals surface area contributed by atoms with E-state index in [0.717, 1.165) is 0 Å². The van der Waals surface area contributed by atoms with E-state index in [9.17, 15) is 13.2 Å². The molecule has 2 aromatic heterocycles. The van der Waals surface area contributed by atoms with Crippen LogP contribution in [0.15, 0.2) is 53.8 Å². The predicted molar refractivity (Wildman–Crippen MR) is 92.8 cm³/mol. The number of carbonyl (C=O) groups excluding carboxylic acids is 1. The second-order valence-corrected chi connectivity index (χ2v) is 7.45. The van der Waals surface area contributed by atoms with Crippen molar-refractivity contribution < 1.29 is 13.2 Å². The first-order valence-corrected chi connectivity index (χ1v) is 9.07. The van der Waals surface area contributed by atoms with Crippen molar-refractivity contribution in [2.24, 2.45) is 0 Å². The fourth-order valence-corrected chi connectivity index (χ4v) is 3.57. The molecule has 0 aliphatic rings. The molecule has 0 saturated heterocycles. The minimum Gasteiger partial charge on any atom is -0.322 e. The molecule has 0 atom stereocenters. The van der Waals surface area contributed by atoms with Crippen molar-refractivity contribution in [2.75, 3.05) is 5.32 Å². The van der Waals surface area contributed by atoms with Crippen LogP contribution in [0.3, 0.4) is 0 Å². The number of sulfonamides is 1. The maximum atomic E-state index is 12.4. The summed E-state index contributed by atoms with van der Waals surface area (Å²) in [7, 11) is -3.56. The van der Waals surface area contributed by atoms with Crippen molar-refractivity contribution in [1.29, 1.82) is 0 Å². The largest absolute Gasteiger partial charge is 0.322 e. The summed E-state index contributed by atoms with van der Waals surface area (Å²) in [6.45, 7) is 3.49. The molecule has 1 aromatic carbocycles. The zero-order valence-electron chi connectivity index (χ0n) is 13.7. The number of nitrogens with zero attached hydrogens (tertiary/aromatic N) is 3. The Morgan fingerprint density at radius 2 is 1.88 bits per heavy atom. The minimum atomic E-state index is -3.56. The van der Waals surface area contributed by atoms with Crippen molar-refractivity contribution in [3.05, 3.63) is 54.5 Å². The number of benzene rings is 1. The maximum Gasteiger partial charge on any atom is 0.259 e. The number of nitrogens with one attached hydrogen (secondary N) is 2. The van der Waals surface area contributed by atoms with Gasteiger partial charge in [0.05, 0.1) is 10.5 Å². The van der Waals surface area contributed by atoms with E-state index in [1.807, 2.05) is 0 Å². The summed E-state index contributed by atoms with van der Waals surface area (Å²) in [5, 5.41) is 10.4. The van der Waals surface area contributed by atoms with Gasteiger partial charge >= 0.3 is 0 Å². The summed E-state index contributed by atoms with van der Waals surface area (Å²) < 4.78 is 28.3. The Kier molecular flexibility index (Phi) is 4.51. The van der Waals surface area contributed by atoms with E-state index in [-0.39, 0.29) is 16.8 Å². The van der Waals surface area contributed by atoms with Gasteiger partial charge in [0.1, 0.15) is 6.33 Å². The van der Waals surface area contributed by atoms with Crippen LogP contribution in [-0.2, 0) is 10.0 Å². The number of hydrogen-bond acceptors (Lipinski definition) is 5.